The molecule has 0 aliphatic carbocycles. The molecule has 0 radical (unpaired) electrons. The Bertz CT molecular complexity index is 646. The summed E-state index contributed by atoms with van der Waals surface area (Å²) >= 11 is 0. The van der Waals surface area contributed by atoms with Gasteiger partial charge in [0.2, 0.25) is 5.88 Å². The lowest BCUT2D eigenvalue weighted by molar-refractivity contribution is 0.0526. The minimum Gasteiger partial charge on any atom is -0.470 e. The number of rotatable bonds is 4. The summed E-state index contributed by atoms with van der Waals surface area (Å²) in [5.41, 5.74) is 1.62. The number of benzene rings is 1. The first-order valence-corrected chi connectivity index (χ1v) is 7.18. The van der Waals surface area contributed by atoms with E-state index in [1.165, 1.54) is 0 Å². The Labute approximate surface area is 130 Å². The van der Waals surface area contributed by atoms with Crippen molar-refractivity contribution in [3.05, 3.63) is 42.2 Å². The van der Waals surface area contributed by atoms with Gasteiger partial charge in [-0.15, -0.1) is 0 Å². The molecular formula is C17H20N2O3. The number of esters is 1. The van der Waals surface area contributed by atoms with Gasteiger partial charge in [-0.2, -0.15) is 0 Å². The minimum absolute atomic E-state index is 0.334. The summed E-state index contributed by atoms with van der Waals surface area (Å²) in [6, 6.07) is 7.04. The van der Waals surface area contributed by atoms with Gasteiger partial charge in [0.1, 0.15) is 11.3 Å². The summed E-state index contributed by atoms with van der Waals surface area (Å²) in [7, 11) is 0. The van der Waals surface area contributed by atoms with Gasteiger partial charge >= 0.3 is 5.97 Å². The number of carbonyl (C=O) groups is 1. The maximum atomic E-state index is 11.7. The Morgan fingerprint density at radius 2 is 1.73 bits per heavy atom. The van der Waals surface area contributed by atoms with Crippen molar-refractivity contribution < 1.29 is 14.3 Å². The highest BCUT2D eigenvalue weighted by molar-refractivity contribution is 5.90. The van der Waals surface area contributed by atoms with Crippen molar-refractivity contribution >= 4 is 5.97 Å². The van der Waals surface area contributed by atoms with Gasteiger partial charge in [0.15, 0.2) is 0 Å². The van der Waals surface area contributed by atoms with Gasteiger partial charge in [0.25, 0.3) is 0 Å². The van der Waals surface area contributed by atoms with E-state index in [1.54, 1.807) is 31.5 Å². The third-order valence-electron chi connectivity index (χ3n) is 2.74. The molecular weight excluding hydrogens is 280 g/mol. The molecule has 0 saturated carbocycles. The standard InChI is InChI=1S/C17H20N2O3/c1-5-21-16(20)13-8-6-12(7-9-13)14-15(19-11-10-18-14)22-17(2,3)4/h6-11H,5H2,1-4H3. The summed E-state index contributed by atoms with van der Waals surface area (Å²) < 4.78 is 10.8. The summed E-state index contributed by atoms with van der Waals surface area (Å²) in [6.07, 6.45) is 3.21. The smallest absolute Gasteiger partial charge is 0.338 e. The summed E-state index contributed by atoms with van der Waals surface area (Å²) in [5.74, 6) is 0.137. The van der Waals surface area contributed by atoms with Crippen LogP contribution < -0.4 is 4.74 Å². The van der Waals surface area contributed by atoms with Crippen LogP contribution >= 0.6 is 0 Å². The zero-order chi connectivity index (χ0) is 16.2. The molecule has 0 bridgehead atoms. The van der Waals surface area contributed by atoms with Crippen molar-refractivity contribution in [1.82, 2.24) is 9.97 Å². The number of aromatic nitrogens is 2. The van der Waals surface area contributed by atoms with Crippen molar-refractivity contribution in [2.45, 2.75) is 33.3 Å². The SMILES string of the molecule is CCOC(=O)c1ccc(-c2nccnc2OC(C)(C)C)cc1. The van der Waals surface area contributed by atoms with Crippen LogP contribution in [0.1, 0.15) is 38.1 Å². The maximum Gasteiger partial charge on any atom is 0.338 e. The molecule has 1 heterocycles. The Hall–Kier alpha value is -2.43. The molecule has 5 heteroatoms. The lowest BCUT2D eigenvalue weighted by Crippen LogP contribution is -2.24. The van der Waals surface area contributed by atoms with Crippen LogP contribution in [0.15, 0.2) is 36.7 Å². The number of carbonyl (C=O) groups excluding carboxylic acids is 1. The van der Waals surface area contributed by atoms with E-state index in [9.17, 15) is 4.79 Å². The lowest BCUT2D eigenvalue weighted by atomic mass is 10.1. The highest BCUT2D eigenvalue weighted by atomic mass is 16.5. The van der Waals surface area contributed by atoms with E-state index in [4.69, 9.17) is 9.47 Å². The second-order valence-electron chi connectivity index (χ2n) is 5.72. The quantitative estimate of drug-likeness (QED) is 0.809. The summed E-state index contributed by atoms with van der Waals surface area (Å²) in [5, 5.41) is 0. The minimum atomic E-state index is -0.365. The van der Waals surface area contributed by atoms with E-state index in [0.717, 1.165) is 5.56 Å². The molecule has 5 nitrogen and oxygen atoms in total. The summed E-state index contributed by atoms with van der Waals surface area (Å²) in [6.45, 7) is 8.00. The van der Waals surface area contributed by atoms with E-state index in [-0.39, 0.29) is 11.6 Å². The van der Waals surface area contributed by atoms with E-state index in [2.05, 4.69) is 9.97 Å². The highest BCUT2D eigenvalue weighted by Gasteiger charge is 2.17. The van der Waals surface area contributed by atoms with Gasteiger partial charge in [-0.05, 0) is 39.8 Å². The molecule has 2 rings (SSSR count). The zero-order valence-electron chi connectivity index (χ0n) is 13.3. The monoisotopic (exact) mass is 300 g/mol. The molecule has 22 heavy (non-hydrogen) atoms. The Morgan fingerprint density at radius 1 is 1.09 bits per heavy atom. The van der Waals surface area contributed by atoms with Gasteiger partial charge in [0.05, 0.1) is 12.2 Å². The van der Waals surface area contributed by atoms with E-state index in [1.807, 2.05) is 32.9 Å². The van der Waals surface area contributed by atoms with Crippen LogP contribution in [0.3, 0.4) is 0 Å². The average molecular weight is 300 g/mol. The predicted octanol–water partition coefficient (Wildman–Crippen LogP) is 3.50. The average Bonchev–Trinajstić information content (AvgIpc) is 2.47. The van der Waals surface area contributed by atoms with Gasteiger partial charge in [-0.25, -0.2) is 14.8 Å². The highest BCUT2D eigenvalue weighted by Crippen LogP contribution is 2.28. The first-order chi connectivity index (χ1) is 10.4. The molecule has 0 spiro atoms. The van der Waals surface area contributed by atoms with Gasteiger partial charge in [-0.1, -0.05) is 12.1 Å². The Kier molecular flexibility index (Phi) is 4.75. The van der Waals surface area contributed by atoms with Crippen LogP contribution in [0.4, 0.5) is 0 Å². The lowest BCUT2D eigenvalue weighted by Gasteiger charge is -2.21. The molecule has 0 aliphatic heterocycles. The molecule has 1 aromatic carbocycles. The van der Waals surface area contributed by atoms with Crippen LogP contribution in [-0.2, 0) is 4.74 Å². The molecule has 2 aromatic rings. The molecule has 0 saturated heterocycles. The van der Waals surface area contributed by atoms with Crippen molar-refractivity contribution in [2.75, 3.05) is 6.61 Å². The molecule has 0 amide bonds. The molecule has 116 valence electrons. The van der Waals surface area contributed by atoms with Crippen LogP contribution in [0.2, 0.25) is 0 Å². The maximum absolute atomic E-state index is 11.7. The van der Waals surface area contributed by atoms with E-state index < -0.39 is 0 Å². The van der Waals surface area contributed by atoms with E-state index in [0.29, 0.717) is 23.7 Å². The van der Waals surface area contributed by atoms with Crippen LogP contribution in [-0.4, -0.2) is 28.1 Å². The molecule has 0 unspecified atom stereocenters. The molecule has 0 fully saturated rings. The fourth-order valence-corrected chi connectivity index (χ4v) is 1.87. The Morgan fingerprint density at radius 3 is 2.32 bits per heavy atom. The van der Waals surface area contributed by atoms with Crippen LogP contribution in [0.25, 0.3) is 11.3 Å². The third-order valence-corrected chi connectivity index (χ3v) is 2.74. The van der Waals surface area contributed by atoms with Crippen LogP contribution in [0, 0.1) is 0 Å². The summed E-state index contributed by atoms with van der Waals surface area (Å²) in [4.78, 5) is 20.3. The number of hydrogen-bond donors (Lipinski definition) is 0. The topological polar surface area (TPSA) is 61.3 Å². The van der Waals surface area contributed by atoms with Gasteiger partial charge in [0, 0.05) is 18.0 Å². The van der Waals surface area contributed by atoms with Crippen LogP contribution in [0.5, 0.6) is 5.88 Å². The number of nitrogens with zero attached hydrogens (tertiary/aromatic N) is 2. The third kappa shape index (κ3) is 4.04. The van der Waals surface area contributed by atoms with Gasteiger partial charge < -0.3 is 9.47 Å². The molecule has 1 aromatic heterocycles. The fraction of sp³-hybridized carbons (Fsp3) is 0.353. The second kappa shape index (κ2) is 6.56. The number of hydrogen-bond acceptors (Lipinski definition) is 5. The molecule has 0 atom stereocenters. The van der Waals surface area contributed by atoms with Crippen molar-refractivity contribution in [3.63, 3.8) is 0 Å². The first kappa shape index (κ1) is 15.9. The van der Waals surface area contributed by atoms with Gasteiger partial charge in [-0.3, -0.25) is 0 Å². The van der Waals surface area contributed by atoms with Crippen molar-refractivity contribution in [3.8, 4) is 17.1 Å². The van der Waals surface area contributed by atoms with Crippen molar-refractivity contribution in [2.24, 2.45) is 0 Å². The Balaban J connectivity index is 2.31. The largest absolute Gasteiger partial charge is 0.470 e. The zero-order valence-corrected chi connectivity index (χ0v) is 13.3. The number of ether oxygens (including phenoxy) is 2. The molecule has 0 aliphatic rings. The fourth-order valence-electron chi connectivity index (χ4n) is 1.87. The van der Waals surface area contributed by atoms with Crippen molar-refractivity contribution in [1.29, 1.82) is 0 Å². The first-order valence-electron chi connectivity index (χ1n) is 7.18. The van der Waals surface area contributed by atoms with E-state index >= 15 is 0 Å². The predicted molar refractivity (Wildman–Crippen MR) is 83.8 cm³/mol. The normalized spacial score (nSPS) is 11.1. The molecule has 0 N–H and O–H groups in total. The second-order valence-corrected chi connectivity index (χ2v) is 5.72.